The number of nitriles is 1. The SMILES string of the molecule is N#Cc1ccc(NC(=O)CCc2ncc(-c3ccccc3F)o2)cc1Cl. The Morgan fingerprint density at radius 1 is 1.31 bits per heavy atom. The van der Waals surface area contributed by atoms with Crippen LogP contribution in [0, 0.1) is 17.1 Å². The Balaban J connectivity index is 1.59. The van der Waals surface area contributed by atoms with Crippen molar-refractivity contribution in [2.75, 3.05) is 5.32 Å². The van der Waals surface area contributed by atoms with E-state index in [0.29, 0.717) is 28.5 Å². The molecule has 1 heterocycles. The second kappa shape index (κ2) is 7.81. The molecule has 1 N–H and O–H groups in total. The summed E-state index contributed by atoms with van der Waals surface area (Å²) in [4.78, 5) is 16.1. The highest BCUT2D eigenvalue weighted by atomic mass is 35.5. The molecule has 0 unspecified atom stereocenters. The molecule has 3 aromatic rings. The highest BCUT2D eigenvalue weighted by Gasteiger charge is 2.12. The van der Waals surface area contributed by atoms with Crippen molar-refractivity contribution in [1.82, 2.24) is 4.98 Å². The Bertz CT molecular complexity index is 994. The second-order valence-electron chi connectivity index (χ2n) is 5.45. The number of aryl methyl sites for hydroxylation is 1. The minimum atomic E-state index is -0.398. The van der Waals surface area contributed by atoms with Crippen molar-refractivity contribution in [3.63, 3.8) is 0 Å². The van der Waals surface area contributed by atoms with Crippen molar-refractivity contribution in [1.29, 1.82) is 5.26 Å². The van der Waals surface area contributed by atoms with Crippen LogP contribution in [0.3, 0.4) is 0 Å². The number of carbonyl (C=O) groups excluding carboxylic acids is 1. The molecule has 0 atom stereocenters. The Morgan fingerprint density at radius 3 is 2.85 bits per heavy atom. The van der Waals surface area contributed by atoms with Gasteiger partial charge in [-0.25, -0.2) is 9.37 Å². The molecule has 3 rings (SSSR count). The third-order valence-electron chi connectivity index (χ3n) is 3.63. The van der Waals surface area contributed by atoms with Crippen LogP contribution in [-0.2, 0) is 11.2 Å². The van der Waals surface area contributed by atoms with E-state index >= 15 is 0 Å². The summed E-state index contributed by atoms with van der Waals surface area (Å²) in [6.45, 7) is 0. The van der Waals surface area contributed by atoms with Crippen LogP contribution in [0.25, 0.3) is 11.3 Å². The first-order chi connectivity index (χ1) is 12.6. The number of nitrogens with zero attached hydrogens (tertiary/aromatic N) is 2. The van der Waals surface area contributed by atoms with E-state index in [1.807, 2.05) is 6.07 Å². The summed E-state index contributed by atoms with van der Waals surface area (Å²) in [5.74, 6) is 0.00991. The molecule has 1 amide bonds. The number of oxazole rings is 1. The number of benzene rings is 2. The number of nitrogens with one attached hydrogen (secondary N) is 1. The Hall–Kier alpha value is -3.17. The quantitative estimate of drug-likeness (QED) is 0.714. The fourth-order valence-corrected chi connectivity index (χ4v) is 2.56. The van der Waals surface area contributed by atoms with Crippen LogP contribution in [0.1, 0.15) is 17.9 Å². The zero-order valence-corrected chi connectivity index (χ0v) is 14.3. The predicted octanol–water partition coefficient (Wildman–Crippen LogP) is 4.58. The van der Waals surface area contributed by atoms with E-state index in [1.165, 1.54) is 24.4 Å². The van der Waals surface area contributed by atoms with Gasteiger partial charge in [0, 0.05) is 18.5 Å². The molecule has 0 spiro atoms. The van der Waals surface area contributed by atoms with E-state index in [9.17, 15) is 9.18 Å². The average molecular weight is 370 g/mol. The molecule has 1 aromatic heterocycles. The minimum absolute atomic E-state index is 0.134. The van der Waals surface area contributed by atoms with Crippen LogP contribution in [0.5, 0.6) is 0 Å². The zero-order valence-electron chi connectivity index (χ0n) is 13.5. The molecule has 0 fully saturated rings. The summed E-state index contributed by atoms with van der Waals surface area (Å²) in [5.41, 5.74) is 1.16. The van der Waals surface area contributed by atoms with E-state index < -0.39 is 5.82 Å². The van der Waals surface area contributed by atoms with E-state index in [-0.39, 0.29) is 23.8 Å². The number of rotatable bonds is 5. The number of amides is 1. The van der Waals surface area contributed by atoms with Gasteiger partial charge in [0.25, 0.3) is 0 Å². The predicted molar refractivity (Wildman–Crippen MR) is 95.0 cm³/mol. The van der Waals surface area contributed by atoms with Crippen molar-refractivity contribution >= 4 is 23.2 Å². The van der Waals surface area contributed by atoms with Gasteiger partial charge in [0.05, 0.1) is 22.3 Å². The maximum atomic E-state index is 13.7. The first kappa shape index (κ1) is 17.6. The highest BCUT2D eigenvalue weighted by Crippen LogP contribution is 2.24. The highest BCUT2D eigenvalue weighted by molar-refractivity contribution is 6.32. The molecule has 5 nitrogen and oxygen atoms in total. The summed E-state index contributed by atoms with van der Waals surface area (Å²) in [7, 11) is 0. The third-order valence-corrected chi connectivity index (χ3v) is 3.94. The maximum absolute atomic E-state index is 13.7. The Kier molecular flexibility index (Phi) is 5.30. The lowest BCUT2D eigenvalue weighted by Crippen LogP contribution is -2.12. The molecule has 7 heteroatoms. The number of hydrogen-bond donors (Lipinski definition) is 1. The van der Waals surface area contributed by atoms with Crippen LogP contribution >= 0.6 is 11.6 Å². The van der Waals surface area contributed by atoms with Gasteiger partial charge < -0.3 is 9.73 Å². The van der Waals surface area contributed by atoms with E-state index in [1.54, 1.807) is 24.3 Å². The molecule has 0 saturated heterocycles. The monoisotopic (exact) mass is 369 g/mol. The van der Waals surface area contributed by atoms with Gasteiger partial charge in [0.15, 0.2) is 11.7 Å². The summed E-state index contributed by atoms with van der Waals surface area (Å²) in [6.07, 6.45) is 1.84. The van der Waals surface area contributed by atoms with Crippen LogP contribution < -0.4 is 5.32 Å². The van der Waals surface area contributed by atoms with Crippen LogP contribution in [0.15, 0.2) is 53.1 Å². The van der Waals surface area contributed by atoms with Gasteiger partial charge in [-0.1, -0.05) is 23.7 Å². The number of hydrogen-bond acceptors (Lipinski definition) is 4. The number of anilines is 1. The molecule has 0 aliphatic heterocycles. The van der Waals surface area contributed by atoms with Gasteiger partial charge in [0.1, 0.15) is 11.9 Å². The fourth-order valence-electron chi connectivity index (χ4n) is 2.34. The zero-order chi connectivity index (χ0) is 18.5. The molecule has 2 aromatic carbocycles. The Labute approximate surface area is 154 Å². The second-order valence-corrected chi connectivity index (χ2v) is 5.86. The van der Waals surface area contributed by atoms with Gasteiger partial charge in [-0.15, -0.1) is 0 Å². The van der Waals surface area contributed by atoms with Gasteiger partial charge >= 0.3 is 0 Å². The molecule has 0 aliphatic carbocycles. The van der Waals surface area contributed by atoms with Gasteiger partial charge in [0.2, 0.25) is 5.91 Å². The van der Waals surface area contributed by atoms with Crippen molar-refractivity contribution in [3.05, 3.63) is 71.0 Å². The lowest BCUT2D eigenvalue weighted by molar-refractivity contribution is -0.116. The molecule has 0 radical (unpaired) electrons. The summed E-state index contributed by atoms with van der Waals surface area (Å²) >= 11 is 5.93. The summed E-state index contributed by atoms with van der Waals surface area (Å²) < 4.78 is 19.3. The van der Waals surface area contributed by atoms with Crippen molar-refractivity contribution in [3.8, 4) is 17.4 Å². The smallest absolute Gasteiger partial charge is 0.224 e. The summed E-state index contributed by atoms with van der Waals surface area (Å²) in [5, 5.41) is 11.8. The number of aromatic nitrogens is 1. The standard InChI is InChI=1S/C19H13ClFN3O2/c20-15-9-13(6-5-12(15)10-22)24-18(25)7-8-19-23-11-17(26-19)14-3-1-2-4-16(14)21/h1-6,9,11H,7-8H2,(H,24,25). The first-order valence-electron chi connectivity index (χ1n) is 7.76. The van der Waals surface area contributed by atoms with Gasteiger partial charge in [-0.05, 0) is 30.3 Å². The minimum Gasteiger partial charge on any atom is -0.441 e. The summed E-state index contributed by atoms with van der Waals surface area (Å²) in [6, 6.07) is 12.8. The topological polar surface area (TPSA) is 78.9 Å². The van der Waals surface area contributed by atoms with Crippen LogP contribution in [0.4, 0.5) is 10.1 Å². The number of halogens is 2. The van der Waals surface area contributed by atoms with Gasteiger partial charge in [-0.3, -0.25) is 4.79 Å². The third kappa shape index (κ3) is 4.08. The molecular weight excluding hydrogens is 357 g/mol. The lowest BCUT2D eigenvalue weighted by Gasteiger charge is -2.05. The van der Waals surface area contributed by atoms with Crippen molar-refractivity contribution in [2.45, 2.75) is 12.8 Å². The molecule has 0 bridgehead atoms. The molecular formula is C19H13ClFN3O2. The Morgan fingerprint density at radius 2 is 2.12 bits per heavy atom. The molecule has 130 valence electrons. The fraction of sp³-hybridized carbons (Fsp3) is 0.105. The van der Waals surface area contributed by atoms with Crippen LogP contribution in [0.2, 0.25) is 5.02 Å². The normalized spacial score (nSPS) is 10.3. The molecule has 0 saturated carbocycles. The van der Waals surface area contributed by atoms with E-state index in [4.69, 9.17) is 21.3 Å². The average Bonchev–Trinajstić information content (AvgIpc) is 3.09. The molecule has 0 aliphatic rings. The van der Waals surface area contributed by atoms with Gasteiger partial charge in [-0.2, -0.15) is 5.26 Å². The van der Waals surface area contributed by atoms with E-state index in [0.717, 1.165) is 0 Å². The molecule has 26 heavy (non-hydrogen) atoms. The lowest BCUT2D eigenvalue weighted by atomic mass is 10.2. The largest absolute Gasteiger partial charge is 0.441 e. The van der Waals surface area contributed by atoms with Crippen LogP contribution in [-0.4, -0.2) is 10.9 Å². The first-order valence-corrected chi connectivity index (χ1v) is 8.13. The van der Waals surface area contributed by atoms with Crippen molar-refractivity contribution in [2.24, 2.45) is 0 Å². The van der Waals surface area contributed by atoms with Crippen molar-refractivity contribution < 1.29 is 13.6 Å². The van der Waals surface area contributed by atoms with E-state index in [2.05, 4.69) is 10.3 Å². The number of carbonyl (C=O) groups is 1. The maximum Gasteiger partial charge on any atom is 0.224 e.